The molecule has 0 aromatic carbocycles. The lowest BCUT2D eigenvalue weighted by molar-refractivity contribution is -0.161. The summed E-state index contributed by atoms with van der Waals surface area (Å²) in [4.78, 5) is 73.1. The third-order valence-electron chi connectivity index (χ3n) is 17.0. The van der Waals surface area contributed by atoms with Gasteiger partial charge in [-0.1, -0.05) is 295 Å². The smallest absolute Gasteiger partial charge is 0.462 e. The Morgan fingerprint density at radius 3 is 0.815 bits per heavy atom. The van der Waals surface area contributed by atoms with Gasteiger partial charge in [-0.25, -0.2) is 9.13 Å². The van der Waals surface area contributed by atoms with E-state index in [1.165, 1.54) is 77.0 Å². The average molecular weight is 1550 g/mol. The molecule has 0 aliphatic rings. The first-order chi connectivity index (χ1) is 52.7. The van der Waals surface area contributed by atoms with Crippen molar-refractivity contribution < 1.29 is 80.2 Å². The highest BCUT2D eigenvalue weighted by Crippen LogP contribution is 2.45. The highest BCUT2D eigenvalue weighted by molar-refractivity contribution is 7.47. The minimum atomic E-state index is -5.01. The molecule has 0 bridgehead atoms. The number of phosphoric acid groups is 2. The van der Waals surface area contributed by atoms with Gasteiger partial charge in [0.1, 0.15) is 19.3 Å². The molecule has 0 fully saturated rings. The Morgan fingerprint density at radius 2 is 0.500 bits per heavy atom. The molecule has 0 saturated heterocycles. The van der Waals surface area contributed by atoms with Crippen molar-refractivity contribution in [2.75, 3.05) is 39.6 Å². The number of carbonyl (C=O) groups excluding carboxylic acids is 4. The molecule has 17 nitrogen and oxygen atoms in total. The van der Waals surface area contributed by atoms with E-state index in [1.807, 2.05) is 18.2 Å². The molecule has 0 radical (unpaired) electrons. The van der Waals surface area contributed by atoms with Crippen LogP contribution in [0.3, 0.4) is 0 Å². The standard InChI is InChI=1S/C89H148O17P2/c1-5-9-13-17-21-25-29-33-37-39-41-43-47-51-55-59-63-67-71-75-88(93)105-84(79-99-86(91)73-69-65-61-57-53-49-45-35-31-27-23-19-15-11-7-3)81-103-107(95,96)101-77-83(90)78-102-108(97,98)104-82-85(80-100-87(92)74-70-66-62-58-54-50-46-36-32-28-24-20-16-12-8-4)106-89(94)76-72-68-64-60-56-52-48-44-42-40-38-34-30-26-22-18-14-10-6-2/h9-10,13-14,21-22,25-26,33-38,41-46,51-52,55-56,63,67,83-85,90H,5-8,11-12,15-20,23-24,27-32,39-40,47-50,53-54,57-62,64-66,68-82H2,1-4H3,(H,95,96)(H,97,98)/b13-9-,14-10-,25-21-,26-22-,37-33-,38-34-,43-41-,44-42-,45-35-,46-36-,55-51-,56-52-,67-63-/t83-,84-,85-/m1/s1. The van der Waals surface area contributed by atoms with Gasteiger partial charge in [-0.2, -0.15) is 0 Å². The second-order valence-corrected chi connectivity index (χ2v) is 30.2. The number of phosphoric ester groups is 2. The van der Waals surface area contributed by atoms with Gasteiger partial charge in [-0.05, 0) is 161 Å². The van der Waals surface area contributed by atoms with Crippen molar-refractivity contribution in [1.82, 2.24) is 0 Å². The molecule has 0 rings (SSSR count). The van der Waals surface area contributed by atoms with E-state index in [4.69, 9.17) is 37.0 Å². The summed E-state index contributed by atoms with van der Waals surface area (Å²) >= 11 is 0. The molecule has 0 aromatic rings. The van der Waals surface area contributed by atoms with Gasteiger partial charge in [-0.15, -0.1) is 0 Å². The Bertz CT molecular complexity index is 2660. The van der Waals surface area contributed by atoms with Gasteiger partial charge in [0.25, 0.3) is 0 Å². The van der Waals surface area contributed by atoms with Crippen LogP contribution in [-0.2, 0) is 65.4 Å². The normalized spacial score (nSPS) is 14.6. The molecular formula is C89H148O17P2. The third-order valence-corrected chi connectivity index (χ3v) is 18.9. The summed E-state index contributed by atoms with van der Waals surface area (Å²) in [6.07, 6.45) is 93.7. The lowest BCUT2D eigenvalue weighted by atomic mass is 10.1. The molecule has 2 unspecified atom stereocenters. The number of unbranched alkanes of at least 4 members (excludes halogenated alkanes) is 25. The molecule has 19 heteroatoms. The predicted octanol–water partition coefficient (Wildman–Crippen LogP) is 24.8. The minimum absolute atomic E-state index is 0.0368. The van der Waals surface area contributed by atoms with Crippen LogP contribution in [0, 0.1) is 0 Å². The zero-order chi connectivity index (χ0) is 78.9. The minimum Gasteiger partial charge on any atom is -0.462 e. The summed E-state index contributed by atoms with van der Waals surface area (Å²) in [5.74, 6) is -2.33. The van der Waals surface area contributed by atoms with Gasteiger partial charge in [-0.3, -0.25) is 37.3 Å². The average Bonchev–Trinajstić information content (AvgIpc) is 0.907. The van der Waals surface area contributed by atoms with Crippen LogP contribution in [0.2, 0.25) is 0 Å². The second-order valence-electron chi connectivity index (χ2n) is 27.3. The number of rotatable bonds is 77. The molecule has 0 heterocycles. The fourth-order valence-electron chi connectivity index (χ4n) is 10.7. The highest BCUT2D eigenvalue weighted by Gasteiger charge is 2.30. The Labute approximate surface area is 655 Å². The van der Waals surface area contributed by atoms with E-state index in [0.29, 0.717) is 32.1 Å². The maximum absolute atomic E-state index is 13.1. The summed E-state index contributed by atoms with van der Waals surface area (Å²) in [5, 5.41) is 10.7. The van der Waals surface area contributed by atoms with Gasteiger partial charge >= 0.3 is 39.5 Å². The first-order valence-electron chi connectivity index (χ1n) is 41.7. The molecule has 3 N–H and O–H groups in total. The van der Waals surface area contributed by atoms with Crippen LogP contribution in [0.4, 0.5) is 0 Å². The lowest BCUT2D eigenvalue weighted by Crippen LogP contribution is -2.30. The highest BCUT2D eigenvalue weighted by atomic mass is 31.2. The Hall–Kier alpha value is -5.32. The van der Waals surface area contributed by atoms with Crippen molar-refractivity contribution in [1.29, 1.82) is 0 Å². The largest absolute Gasteiger partial charge is 0.472 e. The SMILES string of the molecule is CC/C=C\C/C=C\C/C=C\C/C=C\C/C=C\C/C=C\CCC(=O)O[C@H](COC(=O)CCCCCCC/C=C\CCCCCCCC)COP(=O)(O)OC[C@@H](O)COP(=O)(O)OC[C@@H](COC(=O)CCCCCCC/C=C\CCCCCCCC)OC(=O)CCCCC/C=C\C/C=C\C/C=C\C/C=C\C/C=C\CC. The van der Waals surface area contributed by atoms with E-state index in [-0.39, 0.29) is 25.7 Å². The number of esters is 4. The number of ether oxygens (including phenoxy) is 4. The number of hydrogen-bond acceptors (Lipinski definition) is 15. The summed E-state index contributed by atoms with van der Waals surface area (Å²) in [7, 11) is -10.0. The quantitative estimate of drug-likeness (QED) is 0.0169. The fourth-order valence-corrected chi connectivity index (χ4v) is 12.3. The number of carbonyl (C=O) groups is 4. The summed E-state index contributed by atoms with van der Waals surface area (Å²) in [6, 6.07) is 0. The van der Waals surface area contributed by atoms with Crippen LogP contribution in [-0.4, -0.2) is 96.7 Å². The van der Waals surface area contributed by atoms with Crippen LogP contribution in [0.25, 0.3) is 0 Å². The molecule has 0 saturated carbocycles. The first-order valence-corrected chi connectivity index (χ1v) is 44.7. The Kier molecular flexibility index (Phi) is 75.8. The van der Waals surface area contributed by atoms with Crippen molar-refractivity contribution >= 4 is 39.5 Å². The van der Waals surface area contributed by atoms with Crippen LogP contribution >= 0.6 is 15.6 Å². The van der Waals surface area contributed by atoms with Crippen molar-refractivity contribution in [2.24, 2.45) is 0 Å². The molecule has 616 valence electrons. The summed E-state index contributed by atoms with van der Waals surface area (Å²) in [5.41, 5.74) is 0. The monoisotopic (exact) mass is 1550 g/mol. The first kappa shape index (κ1) is 103. The van der Waals surface area contributed by atoms with E-state index < -0.39 is 97.5 Å². The summed E-state index contributed by atoms with van der Waals surface area (Å²) < 4.78 is 68.6. The number of hydrogen-bond donors (Lipinski definition) is 3. The van der Waals surface area contributed by atoms with E-state index >= 15 is 0 Å². The van der Waals surface area contributed by atoms with E-state index in [1.54, 1.807) is 0 Å². The number of allylic oxidation sites excluding steroid dienone is 26. The van der Waals surface area contributed by atoms with Gasteiger partial charge in [0.05, 0.1) is 26.4 Å². The molecule has 0 aromatic heterocycles. The van der Waals surface area contributed by atoms with Crippen molar-refractivity contribution in [3.63, 3.8) is 0 Å². The van der Waals surface area contributed by atoms with E-state index in [0.717, 1.165) is 161 Å². The zero-order valence-electron chi connectivity index (χ0n) is 67.5. The van der Waals surface area contributed by atoms with E-state index in [2.05, 4.69) is 167 Å². The topological polar surface area (TPSA) is 237 Å². The molecule has 5 atom stereocenters. The Morgan fingerprint density at radius 1 is 0.269 bits per heavy atom. The molecular weight excluding hydrogens is 1400 g/mol. The third kappa shape index (κ3) is 78.8. The van der Waals surface area contributed by atoms with Crippen LogP contribution < -0.4 is 0 Å². The van der Waals surface area contributed by atoms with Crippen molar-refractivity contribution in [3.8, 4) is 0 Å². The molecule has 0 amide bonds. The van der Waals surface area contributed by atoms with Gasteiger partial charge in [0.2, 0.25) is 0 Å². The van der Waals surface area contributed by atoms with Gasteiger partial charge in [0, 0.05) is 25.7 Å². The van der Waals surface area contributed by atoms with Crippen molar-refractivity contribution in [3.05, 3.63) is 158 Å². The lowest BCUT2D eigenvalue weighted by Gasteiger charge is -2.21. The molecule has 0 aliphatic heterocycles. The summed E-state index contributed by atoms with van der Waals surface area (Å²) in [6.45, 7) is 4.51. The fraction of sp³-hybridized carbons (Fsp3) is 0.663. The molecule has 0 spiro atoms. The maximum atomic E-state index is 13.1. The Balaban J connectivity index is 5.50. The van der Waals surface area contributed by atoms with Crippen LogP contribution in [0.15, 0.2) is 158 Å². The number of aliphatic hydroxyl groups is 1. The zero-order valence-corrected chi connectivity index (χ0v) is 69.3. The van der Waals surface area contributed by atoms with Crippen LogP contribution in [0.1, 0.15) is 323 Å². The second kappa shape index (κ2) is 79.8. The molecule has 0 aliphatic carbocycles. The van der Waals surface area contributed by atoms with Crippen LogP contribution in [0.5, 0.6) is 0 Å². The van der Waals surface area contributed by atoms with E-state index in [9.17, 15) is 43.2 Å². The molecule has 108 heavy (non-hydrogen) atoms. The van der Waals surface area contributed by atoms with Crippen molar-refractivity contribution in [2.45, 2.75) is 341 Å². The van der Waals surface area contributed by atoms with Gasteiger partial charge < -0.3 is 33.8 Å². The number of aliphatic hydroxyl groups excluding tert-OH is 1. The maximum Gasteiger partial charge on any atom is 0.472 e. The predicted molar refractivity (Wildman–Crippen MR) is 445 cm³/mol. The van der Waals surface area contributed by atoms with Gasteiger partial charge in [0.15, 0.2) is 12.2 Å².